The van der Waals surface area contributed by atoms with E-state index in [1.807, 2.05) is 0 Å². The molecule has 0 unspecified atom stereocenters. The standard InChI is InChI=1S/C4H6F3N3O2S/c5-4(6,7)13(11,12)10-2-1-8-9-3-10/h3,8H,1-2H2. The molecule has 0 aliphatic carbocycles. The molecular formula is C4H6F3N3O2S. The number of sulfonamides is 1. The van der Waals surface area contributed by atoms with E-state index in [-0.39, 0.29) is 17.4 Å². The van der Waals surface area contributed by atoms with E-state index < -0.39 is 15.5 Å². The van der Waals surface area contributed by atoms with Crippen molar-refractivity contribution in [3.63, 3.8) is 0 Å². The highest BCUT2D eigenvalue weighted by atomic mass is 32.2. The summed E-state index contributed by atoms with van der Waals surface area (Å²) in [6.07, 6.45) is 0.603. The molecule has 0 fully saturated rings. The molecule has 1 aliphatic rings. The van der Waals surface area contributed by atoms with Crippen LogP contribution < -0.4 is 5.43 Å². The molecule has 1 heterocycles. The summed E-state index contributed by atoms with van der Waals surface area (Å²) in [5.74, 6) is 0. The first-order valence-electron chi connectivity index (χ1n) is 3.20. The van der Waals surface area contributed by atoms with Crippen molar-refractivity contribution in [2.45, 2.75) is 5.51 Å². The Morgan fingerprint density at radius 2 is 2.08 bits per heavy atom. The topological polar surface area (TPSA) is 61.8 Å². The summed E-state index contributed by atoms with van der Waals surface area (Å²) in [7, 11) is -5.26. The van der Waals surface area contributed by atoms with E-state index in [0.717, 1.165) is 0 Å². The molecule has 1 rings (SSSR count). The average Bonchev–Trinajstić information content (AvgIpc) is 2.04. The van der Waals surface area contributed by atoms with E-state index in [2.05, 4.69) is 10.5 Å². The number of rotatable bonds is 1. The molecule has 1 N–H and O–H groups in total. The molecule has 0 aromatic rings. The van der Waals surface area contributed by atoms with Crippen LogP contribution in [0, 0.1) is 0 Å². The lowest BCUT2D eigenvalue weighted by Gasteiger charge is -2.23. The fourth-order valence-corrected chi connectivity index (χ4v) is 1.47. The molecule has 0 aromatic carbocycles. The van der Waals surface area contributed by atoms with Crippen LogP contribution >= 0.6 is 0 Å². The number of halogens is 3. The highest BCUT2D eigenvalue weighted by molar-refractivity contribution is 7.90. The Morgan fingerprint density at radius 3 is 2.46 bits per heavy atom. The largest absolute Gasteiger partial charge is 0.516 e. The third kappa shape index (κ3) is 1.85. The van der Waals surface area contributed by atoms with Crippen LogP contribution in [0.15, 0.2) is 5.10 Å². The lowest BCUT2D eigenvalue weighted by Crippen LogP contribution is -2.45. The van der Waals surface area contributed by atoms with Crippen molar-refractivity contribution in [1.82, 2.24) is 9.73 Å². The predicted molar refractivity (Wildman–Crippen MR) is 38.2 cm³/mol. The highest BCUT2D eigenvalue weighted by Crippen LogP contribution is 2.25. The Balaban J connectivity index is 2.93. The minimum Gasteiger partial charge on any atom is -0.307 e. The van der Waals surface area contributed by atoms with Crippen LogP contribution in [0.1, 0.15) is 0 Å². The highest BCUT2D eigenvalue weighted by Gasteiger charge is 2.49. The second-order valence-electron chi connectivity index (χ2n) is 2.21. The van der Waals surface area contributed by atoms with E-state index in [9.17, 15) is 21.6 Å². The number of nitrogens with one attached hydrogen (secondary N) is 1. The second-order valence-corrected chi connectivity index (χ2v) is 4.10. The summed E-state index contributed by atoms with van der Waals surface area (Å²) in [5.41, 5.74) is -2.93. The fraction of sp³-hybridized carbons (Fsp3) is 0.750. The van der Waals surface area contributed by atoms with Crippen molar-refractivity contribution in [2.75, 3.05) is 13.1 Å². The molecule has 0 aromatic heterocycles. The zero-order valence-electron chi connectivity index (χ0n) is 6.24. The zero-order valence-corrected chi connectivity index (χ0v) is 7.06. The molecule has 0 amide bonds. The van der Waals surface area contributed by atoms with Gasteiger partial charge in [-0.15, -0.1) is 0 Å². The molecular weight excluding hydrogens is 211 g/mol. The van der Waals surface area contributed by atoms with Crippen LogP contribution in [0.2, 0.25) is 0 Å². The first-order chi connectivity index (χ1) is 5.86. The van der Waals surface area contributed by atoms with Crippen molar-refractivity contribution in [1.29, 1.82) is 0 Å². The molecule has 76 valence electrons. The smallest absolute Gasteiger partial charge is 0.307 e. The number of hydrogen-bond acceptors (Lipinski definition) is 4. The van der Waals surface area contributed by atoms with E-state index in [4.69, 9.17) is 0 Å². The van der Waals surface area contributed by atoms with E-state index in [1.165, 1.54) is 0 Å². The van der Waals surface area contributed by atoms with Crippen molar-refractivity contribution in [3.05, 3.63) is 0 Å². The van der Waals surface area contributed by atoms with Gasteiger partial charge in [-0.2, -0.15) is 26.7 Å². The summed E-state index contributed by atoms with van der Waals surface area (Å²) < 4.78 is 57.3. The average molecular weight is 217 g/mol. The van der Waals surface area contributed by atoms with Crippen LogP contribution in [-0.4, -0.2) is 37.7 Å². The maximum atomic E-state index is 11.9. The third-order valence-electron chi connectivity index (χ3n) is 1.32. The van der Waals surface area contributed by atoms with Gasteiger partial charge in [0.1, 0.15) is 6.34 Å². The normalized spacial score (nSPS) is 18.5. The van der Waals surface area contributed by atoms with Crippen molar-refractivity contribution in [2.24, 2.45) is 5.10 Å². The van der Waals surface area contributed by atoms with Gasteiger partial charge in [-0.1, -0.05) is 0 Å². The van der Waals surface area contributed by atoms with Crippen LogP contribution in [0.5, 0.6) is 0 Å². The lowest BCUT2D eigenvalue weighted by atomic mass is 10.6. The molecule has 5 nitrogen and oxygen atoms in total. The van der Waals surface area contributed by atoms with E-state index >= 15 is 0 Å². The van der Waals surface area contributed by atoms with Gasteiger partial charge >= 0.3 is 15.5 Å². The Kier molecular flexibility index (Phi) is 2.37. The summed E-state index contributed by atoms with van der Waals surface area (Å²) in [4.78, 5) is 0. The molecule has 0 atom stereocenters. The van der Waals surface area contributed by atoms with Gasteiger partial charge in [-0.05, 0) is 0 Å². The quantitative estimate of drug-likeness (QED) is 0.655. The molecule has 0 radical (unpaired) electrons. The summed E-state index contributed by atoms with van der Waals surface area (Å²) in [6.45, 7) is -0.211. The number of alkyl halides is 3. The van der Waals surface area contributed by atoms with Gasteiger partial charge in [0.2, 0.25) is 0 Å². The minimum absolute atomic E-state index is 0.0613. The van der Waals surface area contributed by atoms with Crippen LogP contribution in [0.25, 0.3) is 0 Å². The van der Waals surface area contributed by atoms with Crippen molar-refractivity contribution >= 4 is 16.4 Å². The summed E-state index contributed by atoms with van der Waals surface area (Å²) in [6, 6.07) is 0. The first kappa shape index (κ1) is 10.1. The maximum absolute atomic E-state index is 11.9. The SMILES string of the molecule is O=S(=O)(N1C=NNCC1)C(F)(F)F. The number of hydrogen-bond donors (Lipinski definition) is 1. The predicted octanol–water partition coefficient (Wildman–Crippen LogP) is -0.315. The van der Waals surface area contributed by atoms with Gasteiger partial charge in [-0.3, -0.25) is 0 Å². The first-order valence-corrected chi connectivity index (χ1v) is 4.64. The van der Waals surface area contributed by atoms with Gasteiger partial charge < -0.3 is 5.43 Å². The minimum atomic E-state index is -5.27. The van der Waals surface area contributed by atoms with Crippen molar-refractivity contribution in [3.8, 4) is 0 Å². The second kappa shape index (κ2) is 3.05. The lowest BCUT2D eigenvalue weighted by molar-refractivity contribution is -0.0472. The van der Waals surface area contributed by atoms with Crippen molar-refractivity contribution < 1.29 is 21.6 Å². The van der Waals surface area contributed by atoms with Gasteiger partial charge in [-0.25, -0.2) is 4.31 Å². The number of hydrazone groups is 1. The van der Waals surface area contributed by atoms with Gasteiger partial charge in [0.05, 0.1) is 13.1 Å². The van der Waals surface area contributed by atoms with E-state index in [0.29, 0.717) is 6.34 Å². The third-order valence-corrected chi connectivity index (χ3v) is 2.80. The number of nitrogens with zero attached hydrogens (tertiary/aromatic N) is 2. The van der Waals surface area contributed by atoms with Crippen LogP contribution in [-0.2, 0) is 10.0 Å². The Hall–Kier alpha value is -0.990. The maximum Gasteiger partial charge on any atom is 0.516 e. The molecule has 0 bridgehead atoms. The Morgan fingerprint density at radius 1 is 1.46 bits per heavy atom. The molecule has 9 heteroatoms. The van der Waals surface area contributed by atoms with Crippen LogP contribution in [0.3, 0.4) is 0 Å². The molecule has 1 aliphatic heterocycles. The summed E-state index contributed by atoms with van der Waals surface area (Å²) >= 11 is 0. The summed E-state index contributed by atoms with van der Waals surface area (Å²) in [5, 5.41) is 3.21. The fourth-order valence-electron chi connectivity index (χ4n) is 0.703. The molecule has 0 saturated heterocycles. The Labute approximate surface area is 72.3 Å². The monoisotopic (exact) mass is 217 g/mol. The van der Waals surface area contributed by atoms with Gasteiger partial charge in [0.15, 0.2) is 0 Å². The van der Waals surface area contributed by atoms with E-state index in [1.54, 1.807) is 0 Å². The van der Waals surface area contributed by atoms with Gasteiger partial charge in [0.25, 0.3) is 0 Å². The zero-order chi connectivity index (χ0) is 10.1. The molecule has 0 spiro atoms. The Bertz CT molecular complexity index is 309. The van der Waals surface area contributed by atoms with Crippen LogP contribution in [0.4, 0.5) is 13.2 Å². The molecule has 0 saturated carbocycles. The van der Waals surface area contributed by atoms with Gasteiger partial charge in [0, 0.05) is 0 Å². The molecule has 13 heavy (non-hydrogen) atoms.